The van der Waals surface area contributed by atoms with Gasteiger partial charge >= 0.3 is 5.97 Å². The van der Waals surface area contributed by atoms with Crippen LogP contribution in [-0.4, -0.2) is 137 Å². The summed E-state index contributed by atoms with van der Waals surface area (Å²) >= 11 is 0. The highest BCUT2D eigenvalue weighted by Gasteiger charge is 2.44. The number of likely N-dealkylation sites (tertiary alicyclic amines) is 2. The number of nitrogens with one attached hydrogen (secondary N) is 5. The highest BCUT2D eigenvalue weighted by molar-refractivity contribution is 5.97. The topological polar surface area (TPSA) is 312 Å². The summed E-state index contributed by atoms with van der Waals surface area (Å²) in [5.41, 5.74) is 11.7. The number of hydrogen-bond acceptors (Lipinski definition) is 11. The van der Waals surface area contributed by atoms with Gasteiger partial charge in [-0.1, -0.05) is 0 Å². The van der Waals surface area contributed by atoms with Gasteiger partial charge in [-0.05, 0) is 32.1 Å². The zero-order valence-corrected chi connectivity index (χ0v) is 27.2. The molecule has 4 heterocycles. The number of carboxylic acid groups (broad SMARTS) is 1. The monoisotopic (exact) mass is 701 g/mol. The van der Waals surface area contributed by atoms with Crippen LogP contribution in [0.15, 0.2) is 25.0 Å². The number of carboxylic acids is 1. The van der Waals surface area contributed by atoms with Crippen LogP contribution in [0.3, 0.4) is 0 Å². The molecule has 11 N–H and O–H groups in total. The zero-order valence-electron chi connectivity index (χ0n) is 27.2. The fourth-order valence-electron chi connectivity index (χ4n) is 6.05. The Balaban J connectivity index is 1.52. The zero-order chi connectivity index (χ0) is 36.4. The van der Waals surface area contributed by atoms with Crippen LogP contribution in [0.2, 0.25) is 0 Å². The van der Waals surface area contributed by atoms with Gasteiger partial charge in [-0.2, -0.15) is 0 Å². The molecule has 272 valence electrons. The number of aliphatic carboxylic acids is 1. The lowest BCUT2D eigenvalue weighted by atomic mass is 10.1. The number of carbonyl (C=O) groups is 7. The van der Waals surface area contributed by atoms with Crippen LogP contribution in [0.1, 0.15) is 49.9 Å². The van der Waals surface area contributed by atoms with E-state index in [2.05, 4.69) is 35.9 Å². The number of rotatable bonds is 17. The van der Waals surface area contributed by atoms with E-state index in [1.165, 1.54) is 34.8 Å². The van der Waals surface area contributed by atoms with Gasteiger partial charge in [0, 0.05) is 44.7 Å². The van der Waals surface area contributed by atoms with Gasteiger partial charge in [0.15, 0.2) is 0 Å². The Morgan fingerprint density at radius 2 is 1.36 bits per heavy atom. The maximum Gasteiger partial charge on any atom is 0.326 e. The van der Waals surface area contributed by atoms with Gasteiger partial charge in [0.1, 0.15) is 30.2 Å². The first-order chi connectivity index (χ1) is 23.9. The molecule has 4 rings (SSSR count). The van der Waals surface area contributed by atoms with Crippen LogP contribution in [0.25, 0.3) is 0 Å². The molecular formula is C30H43N11O9. The number of hydrogen-bond donors (Lipinski definition) is 9. The second-order valence-corrected chi connectivity index (χ2v) is 12.2. The molecule has 2 aliphatic rings. The van der Waals surface area contributed by atoms with Crippen LogP contribution < -0.4 is 27.4 Å². The molecule has 0 aromatic carbocycles. The van der Waals surface area contributed by atoms with Crippen LogP contribution in [0, 0.1) is 0 Å². The van der Waals surface area contributed by atoms with Gasteiger partial charge in [-0.15, -0.1) is 0 Å². The standard InChI is InChI=1S/C30H43N11O9/c31-18(5-6-24(32)43)25(44)39-21(13-42)27(46)37-19(9-16-11-33-14-35-16)26(45)38-20(10-17-12-34-15-36-17)28(47)40-7-1-3-22(40)29(48)41-8-2-4-23(41)30(49)50/h11-12,14-15,18-23,42H,1-10,13,31H2,(H2,32,43)(H,33,35)(H,34,36)(H,37,46)(H,38,45)(H,39,44)(H,49,50)/t18-,19-,20-,21-,22-,23-/m0/s1. The van der Waals surface area contributed by atoms with Crippen molar-refractivity contribution in [3.8, 4) is 0 Å². The van der Waals surface area contributed by atoms with Crippen LogP contribution in [0.4, 0.5) is 0 Å². The first-order valence-electron chi connectivity index (χ1n) is 16.2. The quantitative estimate of drug-likeness (QED) is 0.0763. The second kappa shape index (κ2) is 17.3. The van der Waals surface area contributed by atoms with Crippen molar-refractivity contribution in [3.05, 3.63) is 36.4 Å². The molecule has 6 amide bonds. The summed E-state index contributed by atoms with van der Waals surface area (Å²) in [4.78, 5) is 107. The first kappa shape index (κ1) is 37.4. The lowest BCUT2D eigenvalue weighted by Gasteiger charge is -2.32. The van der Waals surface area contributed by atoms with Crippen molar-refractivity contribution >= 4 is 41.4 Å². The van der Waals surface area contributed by atoms with Crippen LogP contribution in [0.5, 0.6) is 0 Å². The summed E-state index contributed by atoms with van der Waals surface area (Å²) in [5.74, 6) is -5.46. The number of imidazole rings is 2. The molecule has 2 fully saturated rings. The molecule has 0 aliphatic carbocycles. The number of aliphatic hydroxyl groups is 1. The van der Waals surface area contributed by atoms with Crippen LogP contribution >= 0.6 is 0 Å². The molecule has 0 saturated carbocycles. The maximum absolute atomic E-state index is 14.1. The van der Waals surface area contributed by atoms with Crippen molar-refractivity contribution in [2.45, 2.75) is 87.6 Å². The molecule has 0 bridgehead atoms. The van der Waals surface area contributed by atoms with E-state index in [-0.39, 0.29) is 38.8 Å². The molecule has 2 saturated heterocycles. The fourth-order valence-corrected chi connectivity index (χ4v) is 6.05. The number of nitrogens with zero attached hydrogens (tertiary/aromatic N) is 4. The molecule has 2 aromatic rings. The predicted octanol–water partition coefficient (Wildman–Crippen LogP) is -3.98. The number of amides is 6. The highest BCUT2D eigenvalue weighted by atomic mass is 16.4. The van der Waals surface area contributed by atoms with E-state index in [0.29, 0.717) is 37.1 Å². The molecule has 2 aromatic heterocycles. The molecule has 20 nitrogen and oxygen atoms in total. The third kappa shape index (κ3) is 9.62. The number of aliphatic hydroxyl groups excluding tert-OH is 1. The number of H-pyrrole nitrogens is 2. The Morgan fingerprint density at radius 3 is 1.92 bits per heavy atom. The van der Waals surface area contributed by atoms with E-state index in [4.69, 9.17) is 11.5 Å². The highest BCUT2D eigenvalue weighted by Crippen LogP contribution is 2.26. The summed E-state index contributed by atoms with van der Waals surface area (Å²) in [6, 6.07) is -7.28. The predicted molar refractivity (Wildman–Crippen MR) is 171 cm³/mol. The Bertz CT molecular complexity index is 1520. The Labute approximate surface area is 286 Å². The summed E-state index contributed by atoms with van der Waals surface area (Å²) < 4.78 is 0. The Morgan fingerprint density at radius 1 is 0.820 bits per heavy atom. The minimum Gasteiger partial charge on any atom is -0.480 e. The second-order valence-electron chi connectivity index (χ2n) is 12.2. The summed E-state index contributed by atoms with van der Waals surface area (Å²) in [7, 11) is 0. The maximum atomic E-state index is 14.1. The normalized spacial score (nSPS) is 19.6. The average Bonchev–Trinajstić information content (AvgIpc) is 3.92. The summed E-state index contributed by atoms with van der Waals surface area (Å²) in [6.07, 6.45) is 6.88. The largest absolute Gasteiger partial charge is 0.480 e. The number of nitrogens with two attached hydrogens (primary N) is 2. The van der Waals surface area contributed by atoms with Crippen molar-refractivity contribution in [1.82, 2.24) is 45.7 Å². The van der Waals surface area contributed by atoms with Gasteiger partial charge < -0.3 is 57.4 Å². The van der Waals surface area contributed by atoms with E-state index < -0.39 is 84.3 Å². The van der Waals surface area contributed by atoms with Crippen molar-refractivity contribution in [2.24, 2.45) is 11.5 Å². The summed E-state index contributed by atoms with van der Waals surface area (Å²) in [5, 5.41) is 27.0. The first-order valence-corrected chi connectivity index (χ1v) is 16.2. The lowest BCUT2D eigenvalue weighted by molar-refractivity contribution is -0.152. The third-order valence-corrected chi connectivity index (χ3v) is 8.68. The molecule has 6 atom stereocenters. The lowest BCUT2D eigenvalue weighted by Crippen LogP contribution is -2.60. The van der Waals surface area contributed by atoms with Crippen molar-refractivity contribution in [2.75, 3.05) is 19.7 Å². The van der Waals surface area contributed by atoms with E-state index in [0.717, 1.165) is 0 Å². The molecule has 2 aliphatic heterocycles. The van der Waals surface area contributed by atoms with E-state index >= 15 is 0 Å². The Hall–Kier alpha value is -5.37. The van der Waals surface area contributed by atoms with Gasteiger partial charge in [0.25, 0.3) is 0 Å². The smallest absolute Gasteiger partial charge is 0.326 e. The number of primary amides is 1. The van der Waals surface area contributed by atoms with Crippen molar-refractivity contribution in [3.63, 3.8) is 0 Å². The molecule has 0 spiro atoms. The minimum absolute atomic E-state index is 0.0888. The molecule has 50 heavy (non-hydrogen) atoms. The number of carbonyl (C=O) groups excluding carboxylic acids is 6. The van der Waals surface area contributed by atoms with Crippen molar-refractivity contribution in [1.29, 1.82) is 0 Å². The van der Waals surface area contributed by atoms with Gasteiger partial charge in [-0.25, -0.2) is 14.8 Å². The minimum atomic E-state index is -1.53. The van der Waals surface area contributed by atoms with Crippen LogP contribution in [-0.2, 0) is 46.4 Å². The number of aromatic amines is 2. The average molecular weight is 702 g/mol. The number of aromatic nitrogens is 4. The van der Waals surface area contributed by atoms with E-state index in [9.17, 15) is 43.8 Å². The third-order valence-electron chi connectivity index (χ3n) is 8.68. The fraction of sp³-hybridized carbons (Fsp3) is 0.567. The van der Waals surface area contributed by atoms with E-state index in [1.807, 2.05) is 0 Å². The molecular weight excluding hydrogens is 658 g/mol. The molecule has 20 heteroatoms. The van der Waals surface area contributed by atoms with E-state index in [1.54, 1.807) is 0 Å². The molecule has 0 radical (unpaired) electrons. The van der Waals surface area contributed by atoms with Crippen molar-refractivity contribution < 1.29 is 43.8 Å². The van der Waals surface area contributed by atoms with Gasteiger partial charge in [-0.3, -0.25) is 28.8 Å². The molecule has 0 unspecified atom stereocenters. The summed E-state index contributed by atoms with van der Waals surface area (Å²) in [6.45, 7) is -0.410. The SMILES string of the molecule is NC(=O)CC[C@H](N)C(=O)N[C@@H](CO)C(=O)N[C@@H](Cc1c[nH]cn1)C(=O)N[C@@H](Cc1c[nH]cn1)C(=O)N1CCC[C@H]1C(=O)N1CCC[C@H]1C(=O)O. The van der Waals surface area contributed by atoms with Gasteiger partial charge in [0.2, 0.25) is 35.4 Å². The van der Waals surface area contributed by atoms with Gasteiger partial charge in [0.05, 0.1) is 36.7 Å². The Kier molecular flexibility index (Phi) is 13.0.